The largest absolute Gasteiger partial charge is 0.305 e. The van der Waals surface area contributed by atoms with Crippen molar-refractivity contribution in [1.82, 2.24) is 0 Å². The van der Waals surface area contributed by atoms with Crippen LogP contribution in [0.4, 0.5) is 0 Å². The molecule has 0 saturated carbocycles. The third-order valence-corrected chi connectivity index (χ3v) is 1.98. The minimum absolute atomic E-state index is 0.485. The van der Waals surface area contributed by atoms with Crippen LogP contribution in [0, 0.1) is 0 Å². The number of benzene rings is 1. The number of hydrogen-bond acceptors (Lipinski definition) is 2. The summed E-state index contributed by atoms with van der Waals surface area (Å²) in [7, 11) is 0. The summed E-state index contributed by atoms with van der Waals surface area (Å²) in [5.41, 5.74) is 0.979. The highest BCUT2D eigenvalue weighted by Crippen LogP contribution is 2.31. The first-order valence-electron chi connectivity index (χ1n) is 3.30. The van der Waals surface area contributed by atoms with Gasteiger partial charge in [0.15, 0.2) is 0 Å². The van der Waals surface area contributed by atoms with Crippen molar-refractivity contribution in [3.05, 3.63) is 29.8 Å². The van der Waals surface area contributed by atoms with Crippen molar-refractivity contribution in [3.8, 4) is 0 Å². The quantitative estimate of drug-likeness (QED) is 0.510. The molecule has 1 unspecified atom stereocenters. The number of hydrogen-bond donors (Lipinski definition) is 0. The van der Waals surface area contributed by atoms with Gasteiger partial charge in [-0.1, -0.05) is 18.2 Å². The molecule has 0 aromatic heterocycles. The summed E-state index contributed by atoms with van der Waals surface area (Å²) in [5.74, 6) is 0. The van der Waals surface area contributed by atoms with E-state index in [9.17, 15) is 0 Å². The molecule has 46 valence electrons. The van der Waals surface area contributed by atoms with E-state index < -0.39 is 6.58 Å². The maximum atomic E-state index is 7.37. The molecule has 0 bridgehead atoms. The maximum Gasteiger partial charge on any atom is 0.0880 e. The van der Waals surface area contributed by atoms with Gasteiger partial charge in [-0.05, 0) is 11.6 Å². The van der Waals surface area contributed by atoms with E-state index in [0.717, 1.165) is 10.5 Å². The molecule has 1 atom stereocenters. The molecule has 1 aromatic carbocycles. The topological polar surface area (TPSA) is 9.23 Å². The highest BCUT2D eigenvalue weighted by molar-refractivity contribution is 7.95. The van der Waals surface area contributed by atoms with Crippen molar-refractivity contribution < 1.29 is 5.55 Å². The molecule has 0 aliphatic carbocycles. The normalized spacial score (nSPS) is 25.3. The summed E-state index contributed by atoms with van der Waals surface area (Å²) in [6.07, 6.45) is 0. The van der Waals surface area contributed by atoms with E-state index in [2.05, 4.69) is 0 Å². The standard InChI is InChI=1S/C7H6OS/c1-2-4-7-6(3-1)5-8-9-7/h1-4H,5H2/i5D. The second kappa shape index (κ2) is 2.05. The fourth-order valence-electron chi connectivity index (χ4n) is 0.782. The van der Waals surface area contributed by atoms with Crippen LogP contribution in [-0.2, 0) is 10.8 Å². The first-order valence-corrected chi connectivity index (χ1v) is 3.46. The average molecular weight is 139 g/mol. The molecule has 0 saturated heterocycles. The van der Waals surface area contributed by atoms with Crippen LogP contribution in [0.15, 0.2) is 29.2 Å². The van der Waals surface area contributed by atoms with Gasteiger partial charge in [0, 0.05) is 16.9 Å². The molecule has 2 rings (SSSR count). The van der Waals surface area contributed by atoms with Gasteiger partial charge in [0.25, 0.3) is 0 Å². The Kier molecular flexibility index (Phi) is 0.991. The summed E-state index contributed by atoms with van der Waals surface area (Å²) in [6, 6.07) is 7.77. The summed E-state index contributed by atoms with van der Waals surface area (Å²) < 4.78 is 12.4. The van der Waals surface area contributed by atoms with Gasteiger partial charge in [0.05, 0.1) is 7.95 Å². The van der Waals surface area contributed by atoms with Gasteiger partial charge in [-0.3, -0.25) is 0 Å². The lowest BCUT2D eigenvalue weighted by molar-refractivity contribution is 0.379. The maximum absolute atomic E-state index is 7.37. The van der Waals surface area contributed by atoms with Gasteiger partial charge in [0.2, 0.25) is 0 Å². The van der Waals surface area contributed by atoms with Crippen molar-refractivity contribution in [2.75, 3.05) is 0 Å². The van der Waals surface area contributed by atoms with Crippen LogP contribution < -0.4 is 0 Å². The molecule has 1 aromatic rings. The molecule has 9 heavy (non-hydrogen) atoms. The summed E-state index contributed by atoms with van der Waals surface area (Å²) in [4.78, 5) is 1.07. The molecule has 0 N–H and O–H groups in total. The third-order valence-electron chi connectivity index (χ3n) is 1.23. The fraction of sp³-hybridized carbons (Fsp3) is 0.143. The van der Waals surface area contributed by atoms with Crippen LogP contribution in [0.3, 0.4) is 0 Å². The van der Waals surface area contributed by atoms with Gasteiger partial charge in [-0.25, -0.2) is 0 Å². The molecule has 1 heterocycles. The molecule has 0 radical (unpaired) electrons. The lowest BCUT2D eigenvalue weighted by Gasteiger charge is -1.88. The summed E-state index contributed by atoms with van der Waals surface area (Å²) >= 11 is 1.29. The molecule has 0 fully saturated rings. The van der Waals surface area contributed by atoms with Gasteiger partial charge < -0.3 is 4.18 Å². The third kappa shape index (κ3) is 0.843. The van der Waals surface area contributed by atoms with E-state index in [1.807, 2.05) is 24.3 Å². The van der Waals surface area contributed by atoms with Crippen LogP contribution >= 0.6 is 12.0 Å². The van der Waals surface area contributed by atoms with E-state index in [1.165, 1.54) is 12.0 Å². The van der Waals surface area contributed by atoms with E-state index >= 15 is 0 Å². The van der Waals surface area contributed by atoms with Crippen LogP contribution in [0.2, 0.25) is 0 Å². The van der Waals surface area contributed by atoms with E-state index in [1.54, 1.807) is 0 Å². The van der Waals surface area contributed by atoms with Gasteiger partial charge >= 0.3 is 0 Å². The van der Waals surface area contributed by atoms with Crippen LogP contribution in [0.5, 0.6) is 0 Å². The SMILES string of the molecule is [2H]C1OSc2ccccc21. The van der Waals surface area contributed by atoms with E-state index in [4.69, 9.17) is 5.55 Å². The zero-order valence-electron chi connectivity index (χ0n) is 5.70. The minimum Gasteiger partial charge on any atom is -0.305 e. The Bertz CT molecular complexity index is 251. The molecular formula is C7H6OS. The van der Waals surface area contributed by atoms with E-state index in [0.29, 0.717) is 0 Å². The number of rotatable bonds is 0. The lowest BCUT2D eigenvalue weighted by Crippen LogP contribution is -1.75. The predicted molar refractivity (Wildman–Crippen MR) is 37.1 cm³/mol. The van der Waals surface area contributed by atoms with Crippen molar-refractivity contribution >= 4 is 12.0 Å². The van der Waals surface area contributed by atoms with Crippen LogP contribution in [-0.4, -0.2) is 0 Å². The summed E-state index contributed by atoms with van der Waals surface area (Å²) in [6.45, 7) is -0.485. The molecule has 1 aliphatic rings. The Hall–Kier alpha value is -0.470. The summed E-state index contributed by atoms with van der Waals surface area (Å²) in [5, 5.41) is 0. The van der Waals surface area contributed by atoms with Crippen molar-refractivity contribution in [3.63, 3.8) is 0 Å². The lowest BCUT2D eigenvalue weighted by atomic mass is 10.2. The zero-order valence-corrected chi connectivity index (χ0v) is 5.52. The van der Waals surface area contributed by atoms with Crippen LogP contribution in [0.1, 0.15) is 6.93 Å². The Balaban J connectivity index is 2.51. The Morgan fingerprint density at radius 1 is 1.56 bits per heavy atom. The second-order valence-electron chi connectivity index (χ2n) is 1.84. The van der Waals surface area contributed by atoms with Gasteiger partial charge in [-0.15, -0.1) is 0 Å². The van der Waals surface area contributed by atoms with Crippen LogP contribution in [0.25, 0.3) is 0 Å². The predicted octanol–water partition coefficient (Wildman–Crippen LogP) is 2.22. The molecule has 1 nitrogen and oxygen atoms in total. The van der Waals surface area contributed by atoms with Gasteiger partial charge in [-0.2, -0.15) is 0 Å². The van der Waals surface area contributed by atoms with Crippen molar-refractivity contribution in [2.24, 2.45) is 0 Å². The molecule has 0 spiro atoms. The van der Waals surface area contributed by atoms with E-state index in [-0.39, 0.29) is 0 Å². The highest BCUT2D eigenvalue weighted by Gasteiger charge is 2.09. The molecule has 0 amide bonds. The monoisotopic (exact) mass is 139 g/mol. The first kappa shape index (κ1) is 4.36. The Labute approximate surface area is 59.6 Å². The molecular weight excluding hydrogens is 132 g/mol. The molecule has 1 aliphatic heterocycles. The average Bonchev–Trinajstić information content (AvgIpc) is 2.34. The minimum atomic E-state index is -0.485. The fourth-order valence-corrected chi connectivity index (χ4v) is 1.38. The smallest absolute Gasteiger partial charge is 0.0880 e. The Morgan fingerprint density at radius 3 is 3.33 bits per heavy atom. The second-order valence-corrected chi connectivity index (χ2v) is 2.63. The van der Waals surface area contributed by atoms with Crippen molar-refractivity contribution in [2.45, 2.75) is 11.5 Å². The zero-order chi connectivity index (χ0) is 6.97. The number of fused-ring (bicyclic) bond motifs is 1. The molecule has 2 heteroatoms. The highest BCUT2D eigenvalue weighted by atomic mass is 32.2. The Morgan fingerprint density at radius 2 is 2.44 bits per heavy atom. The van der Waals surface area contributed by atoms with Gasteiger partial charge in [0.1, 0.15) is 0 Å². The first-order chi connectivity index (χ1) is 4.88. The van der Waals surface area contributed by atoms with Crippen molar-refractivity contribution in [1.29, 1.82) is 0 Å².